The molecule has 0 amide bonds. The quantitative estimate of drug-likeness (QED) is 0.626. The molecule has 3 rings (SSSR count). The highest BCUT2D eigenvalue weighted by Gasteiger charge is 2.09. The molecule has 0 aliphatic heterocycles. The van der Waals surface area contributed by atoms with Crippen molar-refractivity contribution in [3.8, 4) is 11.3 Å². The number of benzene rings is 1. The first kappa shape index (κ1) is 14.4. The molecule has 7 heteroatoms. The third-order valence-electron chi connectivity index (χ3n) is 2.58. The molecule has 0 bridgehead atoms. The molecule has 0 spiro atoms. The minimum Gasteiger partial charge on any atom is -0.265 e. The number of nitrogens with zero attached hydrogens (tertiary/aromatic N) is 3. The van der Waals surface area contributed by atoms with E-state index in [9.17, 15) is 4.79 Å². The van der Waals surface area contributed by atoms with Crippen LogP contribution in [0.5, 0.6) is 0 Å². The molecule has 2 aromatic heterocycles. The van der Waals surface area contributed by atoms with Crippen LogP contribution < -0.4 is 5.56 Å². The average Bonchev–Trinajstić information content (AvgIpc) is 2.74. The molecule has 0 atom stereocenters. The molecule has 0 N–H and O–H groups in total. The van der Waals surface area contributed by atoms with Crippen LogP contribution >= 0.6 is 44.2 Å². The van der Waals surface area contributed by atoms with Crippen LogP contribution in [0.25, 0.3) is 16.2 Å². The van der Waals surface area contributed by atoms with Gasteiger partial charge in [-0.2, -0.15) is 10.1 Å². The van der Waals surface area contributed by atoms with E-state index in [-0.39, 0.29) is 22.5 Å². The Kier molecular flexibility index (Phi) is 4.17. The second-order valence-electron chi connectivity index (χ2n) is 3.82. The molecule has 1 aromatic carbocycles. The average molecular weight is 403 g/mol. The Morgan fingerprint density at radius 2 is 1.95 bits per heavy atom. The molecular formula is C12H9Br2N3OS. The van der Waals surface area contributed by atoms with Crippen molar-refractivity contribution in [3.63, 3.8) is 0 Å². The maximum absolute atomic E-state index is 11.4. The van der Waals surface area contributed by atoms with E-state index in [1.807, 2.05) is 29.6 Å². The number of fused-ring (bicyclic) bond motifs is 1. The SMILES string of the molecule is Br.Cc1nn2c(-c3ccc(Br)cc3)csc2nc1=O. The van der Waals surface area contributed by atoms with Gasteiger partial charge in [0.25, 0.3) is 5.56 Å². The highest BCUT2D eigenvalue weighted by atomic mass is 79.9. The summed E-state index contributed by atoms with van der Waals surface area (Å²) in [7, 11) is 0. The summed E-state index contributed by atoms with van der Waals surface area (Å²) in [6.07, 6.45) is 0. The summed E-state index contributed by atoms with van der Waals surface area (Å²) in [6.45, 7) is 1.67. The molecule has 0 saturated heterocycles. The van der Waals surface area contributed by atoms with Crippen molar-refractivity contribution in [1.29, 1.82) is 0 Å². The van der Waals surface area contributed by atoms with E-state index in [2.05, 4.69) is 26.0 Å². The van der Waals surface area contributed by atoms with Gasteiger partial charge in [-0.1, -0.05) is 28.1 Å². The predicted octanol–water partition coefficient (Wildman–Crippen LogP) is 3.47. The van der Waals surface area contributed by atoms with E-state index in [4.69, 9.17) is 0 Å². The zero-order valence-electron chi connectivity index (χ0n) is 9.83. The van der Waals surface area contributed by atoms with E-state index in [1.165, 1.54) is 11.3 Å². The van der Waals surface area contributed by atoms with E-state index >= 15 is 0 Å². The van der Waals surface area contributed by atoms with Crippen LogP contribution in [0.15, 0.2) is 38.9 Å². The van der Waals surface area contributed by atoms with Gasteiger partial charge in [-0.3, -0.25) is 4.79 Å². The van der Waals surface area contributed by atoms with Crippen molar-refractivity contribution in [2.24, 2.45) is 0 Å². The van der Waals surface area contributed by atoms with Gasteiger partial charge in [0.1, 0.15) is 5.69 Å². The van der Waals surface area contributed by atoms with E-state index in [1.54, 1.807) is 11.4 Å². The number of halogens is 2. The van der Waals surface area contributed by atoms with E-state index in [0.29, 0.717) is 10.7 Å². The van der Waals surface area contributed by atoms with Gasteiger partial charge < -0.3 is 0 Å². The summed E-state index contributed by atoms with van der Waals surface area (Å²) < 4.78 is 2.74. The largest absolute Gasteiger partial charge is 0.295 e. The Morgan fingerprint density at radius 1 is 1.26 bits per heavy atom. The highest BCUT2D eigenvalue weighted by molar-refractivity contribution is 9.10. The van der Waals surface area contributed by atoms with Crippen molar-refractivity contribution < 1.29 is 0 Å². The lowest BCUT2D eigenvalue weighted by molar-refractivity contribution is 0.867. The van der Waals surface area contributed by atoms with Crippen molar-refractivity contribution >= 4 is 49.2 Å². The summed E-state index contributed by atoms with van der Waals surface area (Å²) >= 11 is 4.82. The van der Waals surface area contributed by atoms with Crippen molar-refractivity contribution in [2.75, 3.05) is 0 Å². The van der Waals surface area contributed by atoms with Crippen molar-refractivity contribution in [2.45, 2.75) is 6.92 Å². The van der Waals surface area contributed by atoms with Gasteiger partial charge in [-0.15, -0.1) is 28.3 Å². The normalized spacial score (nSPS) is 10.4. The maximum Gasteiger partial charge on any atom is 0.295 e. The van der Waals surface area contributed by atoms with Crippen LogP contribution in [-0.2, 0) is 0 Å². The number of thiazole rings is 1. The topological polar surface area (TPSA) is 47.3 Å². The number of rotatable bonds is 1. The van der Waals surface area contributed by atoms with Gasteiger partial charge >= 0.3 is 0 Å². The zero-order valence-corrected chi connectivity index (χ0v) is 13.9. The number of aryl methyl sites for hydroxylation is 1. The van der Waals surface area contributed by atoms with Gasteiger partial charge in [-0.05, 0) is 19.1 Å². The smallest absolute Gasteiger partial charge is 0.265 e. The molecule has 2 heterocycles. The third-order valence-corrected chi connectivity index (χ3v) is 3.93. The number of aromatic nitrogens is 3. The van der Waals surface area contributed by atoms with E-state index in [0.717, 1.165) is 15.7 Å². The van der Waals surface area contributed by atoms with Crippen LogP contribution in [0, 0.1) is 6.92 Å². The van der Waals surface area contributed by atoms with Gasteiger partial charge in [0.15, 0.2) is 0 Å². The molecule has 0 unspecified atom stereocenters. The van der Waals surface area contributed by atoms with Crippen LogP contribution in [-0.4, -0.2) is 14.6 Å². The van der Waals surface area contributed by atoms with E-state index < -0.39 is 0 Å². The minimum absolute atomic E-state index is 0. The molecule has 4 nitrogen and oxygen atoms in total. The first-order valence-corrected chi connectivity index (χ1v) is 6.93. The fourth-order valence-electron chi connectivity index (χ4n) is 1.65. The Balaban J connectivity index is 0.00000133. The van der Waals surface area contributed by atoms with Crippen LogP contribution in [0.1, 0.15) is 5.69 Å². The summed E-state index contributed by atoms with van der Waals surface area (Å²) in [5.41, 5.74) is 2.13. The molecule has 19 heavy (non-hydrogen) atoms. The summed E-state index contributed by atoms with van der Waals surface area (Å²) in [6, 6.07) is 7.95. The predicted molar refractivity (Wildman–Crippen MR) is 85.3 cm³/mol. The Morgan fingerprint density at radius 3 is 2.63 bits per heavy atom. The van der Waals surface area contributed by atoms with Gasteiger partial charge in [0.05, 0.1) is 5.69 Å². The molecule has 0 saturated carbocycles. The first-order valence-electron chi connectivity index (χ1n) is 5.26. The lowest BCUT2D eigenvalue weighted by Crippen LogP contribution is -2.14. The third kappa shape index (κ3) is 2.63. The Bertz CT molecular complexity index is 780. The number of hydrogen-bond donors (Lipinski definition) is 0. The Labute approximate surface area is 132 Å². The van der Waals surface area contributed by atoms with Crippen LogP contribution in [0.2, 0.25) is 0 Å². The first-order chi connectivity index (χ1) is 8.65. The highest BCUT2D eigenvalue weighted by Crippen LogP contribution is 2.25. The molecule has 0 aliphatic rings. The Hall–Kier alpha value is -1.05. The second kappa shape index (κ2) is 5.52. The molecule has 0 radical (unpaired) electrons. The molecule has 98 valence electrons. The summed E-state index contributed by atoms with van der Waals surface area (Å²) in [5.74, 6) is 0. The lowest BCUT2D eigenvalue weighted by atomic mass is 10.2. The molecule has 0 fully saturated rings. The fourth-order valence-corrected chi connectivity index (χ4v) is 2.75. The van der Waals surface area contributed by atoms with Crippen LogP contribution in [0.4, 0.5) is 0 Å². The minimum atomic E-state index is -0.265. The van der Waals surface area contributed by atoms with Crippen LogP contribution in [0.3, 0.4) is 0 Å². The van der Waals surface area contributed by atoms with Crippen molar-refractivity contribution in [1.82, 2.24) is 14.6 Å². The molecular weight excluding hydrogens is 394 g/mol. The molecule has 0 aliphatic carbocycles. The fraction of sp³-hybridized carbons (Fsp3) is 0.0833. The van der Waals surface area contributed by atoms with Gasteiger partial charge in [0.2, 0.25) is 4.96 Å². The second-order valence-corrected chi connectivity index (χ2v) is 5.58. The summed E-state index contributed by atoms with van der Waals surface area (Å²) in [4.78, 5) is 16.0. The van der Waals surface area contributed by atoms with Crippen molar-refractivity contribution in [3.05, 3.63) is 50.2 Å². The molecule has 3 aromatic rings. The van der Waals surface area contributed by atoms with Gasteiger partial charge in [-0.25, -0.2) is 4.52 Å². The number of hydrogen-bond acceptors (Lipinski definition) is 4. The van der Waals surface area contributed by atoms with Gasteiger partial charge in [0, 0.05) is 15.4 Å². The zero-order chi connectivity index (χ0) is 12.7. The monoisotopic (exact) mass is 401 g/mol. The maximum atomic E-state index is 11.4. The lowest BCUT2D eigenvalue weighted by Gasteiger charge is -2.01. The summed E-state index contributed by atoms with van der Waals surface area (Å²) in [5, 5.41) is 6.23. The standard InChI is InChI=1S/C12H8BrN3OS.BrH/c1-7-11(17)14-12-16(15-7)10(6-18-12)8-2-4-9(13)5-3-8;/h2-6H,1H3;1H.